The molecule has 0 aliphatic carbocycles. The van der Waals surface area contributed by atoms with Gasteiger partial charge in [0.1, 0.15) is 11.5 Å². The van der Waals surface area contributed by atoms with Gasteiger partial charge in [-0.05, 0) is 55.5 Å². The summed E-state index contributed by atoms with van der Waals surface area (Å²) in [4.78, 5) is 16.7. The summed E-state index contributed by atoms with van der Waals surface area (Å²) < 4.78 is 17.2. The summed E-state index contributed by atoms with van der Waals surface area (Å²) in [5.41, 5.74) is 2.03. The Labute approximate surface area is 180 Å². The number of anilines is 1. The molecule has 0 aliphatic rings. The van der Waals surface area contributed by atoms with E-state index in [0.717, 1.165) is 10.9 Å². The second-order valence-corrected chi connectivity index (χ2v) is 6.71. The van der Waals surface area contributed by atoms with Gasteiger partial charge in [0, 0.05) is 28.9 Å². The van der Waals surface area contributed by atoms with Gasteiger partial charge in [0.15, 0.2) is 11.5 Å². The molecular weight excluding hydrogens is 392 g/mol. The second kappa shape index (κ2) is 9.17. The first kappa shape index (κ1) is 20.2. The van der Waals surface area contributed by atoms with Gasteiger partial charge in [-0.1, -0.05) is 18.2 Å². The van der Waals surface area contributed by atoms with E-state index in [1.165, 1.54) is 0 Å². The first-order valence-corrected chi connectivity index (χ1v) is 9.92. The summed E-state index contributed by atoms with van der Waals surface area (Å²) in [7, 11) is 1.60. The smallest absolute Gasteiger partial charge is 0.255 e. The number of nitrogens with one attached hydrogen (secondary N) is 1. The molecule has 0 fully saturated rings. The lowest BCUT2D eigenvalue weighted by molar-refractivity contribution is 0.102. The van der Waals surface area contributed by atoms with Gasteiger partial charge in [0.25, 0.3) is 5.91 Å². The van der Waals surface area contributed by atoms with Crippen LogP contribution in [0.4, 0.5) is 5.69 Å². The van der Waals surface area contributed by atoms with Crippen molar-refractivity contribution >= 4 is 22.5 Å². The van der Waals surface area contributed by atoms with Gasteiger partial charge in [-0.25, -0.2) is 0 Å². The van der Waals surface area contributed by atoms with E-state index in [0.29, 0.717) is 40.9 Å². The van der Waals surface area contributed by atoms with E-state index in [2.05, 4.69) is 10.3 Å². The summed E-state index contributed by atoms with van der Waals surface area (Å²) >= 11 is 0. The van der Waals surface area contributed by atoms with Crippen molar-refractivity contribution in [3.8, 4) is 23.0 Å². The Bertz CT molecular complexity index is 1190. The Morgan fingerprint density at radius 1 is 0.935 bits per heavy atom. The summed E-state index contributed by atoms with van der Waals surface area (Å²) in [5.74, 6) is 2.38. The molecule has 0 saturated carbocycles. The number of benzene rings is 3. The number of fused-ring (bicyclic) bond motifs is 1. The molecule has 4 aromatic rings. The molecule has 0 aliphatic heterocycles. The highest BCUT2D eigenvalue weighted by atomic mass is 16.5. The monoisotopic (exact) mass is 414 g/mol. The Kier molecular flexibility index (Phi) is 5.98. The lowest BCUT2D eigenvalue weighted by atomic mass is 10.1. The van der Waals surface area contributed by atoms with Gasteiger partial charge in [0.05, 0.1) is 19.2 Å². The SMILES string of the molecule is CCOc1cc2nccc(Oc3ccc(NC(=O)c4ccccc4)cc3)c2cc1OC. The van der Waals surface area contributed by atoms with E-state index < -0.39 is 0 Å². The fraction of sp³-hybridized carbons (Fsp3) is 0.120. The largest absolute Gasteiger partial charge is 0.493 e. The van der Waals surface area contributed by atoms with Crippen LogP contribution in [0.1, 0.15) is 17.3 Å². The Balaban J connectivity index is 1.54. The molecule has 4 rings (SSSR count). The van der Waals surface area contributed by atoms with Gasteiger partial charge in [-0.3, -0.25) is 9.78 Å². The third kappa shape index (κ3) is 4.59. The van der Waals surface area contributed by atoms with Crippen molar-refractivity contribution in [3.63, 3.8) is 0 Å². The van der Waals surface area contributed by atoms with E-state index >= 15 is 0 Å². The predicted octanol–water partition coefficient (Wildman–Crippen LogP) is 5.69. The van der Waals surface area contributed by atoms with Crippen LogP contribution in [0.15, 0.2) is 79.0 Å². The normalized spacial score (nSPS) is 10.5. The molecule has 0 bridgehead atoms. The second-order valence-electron chi connectivity index (χ2n) is 6.71. The summed E-state index contributed by atoms with van der Waals surface area (Å²) in [6.45, 7) is 2.45. The van der Waals surface area contributed by atoms with E-state index in [1.54, 1.807) is 55.8 Å². The number of hydrogen-bond acceptors (Lipinski definition) is 5. The highest BCUT2D eigenvalue weighted by Gasteiger charge is 2.12. The molecule has 1 aromatic heterocycles. The first-order valence-electron chi connectivity index (χ1n) is 9.92. The molecular formula is C25H22N2O4. The summed E-state index contributed by atoms with van der Waals surface area (Å²) in [6, 6.07) is 21.8. The zero-order chi connectivity index (χ0) is 21.6. The molecule has 3 aromatic carbocycles. The van der Waals surface area contributed by atoms with Crippen LogP contribution in [0.2, 0.25) is 0 Å². The number of methoxy groups -OCH3 is 1. The van der Waals surface area contributed by atoms with Gasteiger partial charge in [0.2, 0.25) is 0 Å². The molecule has 6 heteroatoms. The Morgan fingerprint density at radius 2 is 1.71 bits per heavy atom. The quantitative estimate of drug-likeness (QED) is 0.421. The lowest BCUT2D eigenvalue weighted by Gasteiger charge is -2.13. The van der Waals surface area contributed by atoms with Crippen molar-refractivity contribution in [2.45, 2.75) is 6.92 Å². The third-order valence-corrected chi connectivity index (χ3v) is 4.66. The van der Waals surface area contributed by atoms with Crippen molar-refractivity contribution in [2.24, 2.45) is 0 Å². The Hall–Kier alpha value is -4.06. The first-order chi connectivity index (χ1) is 15.2. The predicted molar refractivity (Wildman–Crippen MR) is 120 cm³/mol. The number of pyridine rings is 1. The zero-order valence-electron chi connectivity index (χ0n) is 17.3. The molecule has 156 valence electrons. The molecule has 1 amide bonds. The van der Waals surface area contributed by atoms with E-state index in [-0.39, 0.29) is 5.91 Å². The van der Waals surface area contributed by atoms with E-state index in [9.17, 15) is 4.79 Å². The fourth-order valence-electron chi connectivity index (χ4n) is 3.17. The van der Waals surface area contributed by atoms with Crippen LogP contribution in [0.3, 0.4) is 0 Å². The minimum absolute atomic E-state index is 0.161. The zero-order valence-corrected chi connectivity index (χ0v) is 17.3. The van der Waals surface area contributed by atoms with Crippen molar-refractivity contribution < 1.29 is 19.0 Å². The molecule has 1 heterocycles. The number of carbonyl (C=O) groups excluding carboxylic acids is 1. The van der Waals surface area contributed by atoms with E-state index in [4.69, 9.17) is 14.2 Å². The minimum atomic E-state index is -0.161. The van der Waals surface area contributed by atoms with E-state index in [1.807, 2.05) is 37.3 Å². The number of nitrogens with zero attached hydrogens (tertiary/aromatic N) is 1. The van der Waals surface area contributed by atoms with Gasteiger partial charge in [-0.2, -0.15) is 0 Å². The third-order valence-electron chi connectivity index (χ3n) is 4.66. The fourth-order valence-corrected chi connectivity index (χ4v) is 3.17. The van der Waals surface area contributed by atoms with Crippen molar-refractivity contribution in [1.82, 2.24) is 4.98 Å². The molecule has 0 radical (unpaired) electrons. The molecule has 6 nitrogen and oxygen atoms in total. The maximum Gasteiger partial charge on any atom is 0.255 e. The van der Waals surface area contributed by atoms with Crippen molar-refractivity contribution in [1.29, 1.82) is 0 Å². The van der Waals surface area contributed by atoms with Crippen LogP contribution in [-0.2, 0) is 0 Å². The maximum absolute atomic E-state index is 12.3. The number of ether oxygens (including phenoxy) is 3. The van der Waals surface area contributed by atoms with Crippen LogP contribution in [0, 0.1) is 0 Å². The number of carbonyl (C=O) groups is 1. The molecule has 31 heavy (non-hydrogen) atoms. The molecule has 0 spiro atoms. The van der Waals surface area contributed by atoms with Crippen molar-refractivity contribution in [2.75, 3.05) is 19.0 Å². The van der Waals surface area contributed by atoms with Crippen LogP contribution < -0.4 is 19.5 Å². The highest BCUT2D eigenvalue weighted by molar-refractivity contribution is 6.04. The number of aromatic nitrogens is 1. The number of amides is 1. The lowest BCUT2D eigenvalue weighted by Crippen LogP contribution is -2.11. The number of rotatable bonds is 7. The topological polar surface area (TPSA) is 69.7 Å². The van der Waals surface area contributed by atoms with Crippen LogP contribution in [0.5, 0.6) is 23.0 Å². The standard InChI is InChI=1S/C25H22N2O4/c1-3-30-24-16-21-20(15-23(24)29-2)22(13-14-26-21)31-19-11-9-18(10-12-19)27-25(28)17-7-5-4-6-8-17/h4-16H,3H2,1-2H3,(H,27,28). The summed E-state index contributed by atoms with van der Waals surface area (Å²) in [6.07, 6.45) is 1.69. The average Bonchev–Trinajstić information content (AvgIpc) is 2.81. The molecule has 0 atom stereocenters. The maximum atomic E-state index is 12.3. The van der Waals surface area contributed by atoms with Crippen molar-refractivity contribution in [3.05, 3.63) is 84.6 Å². The molecule has 0 unspecified atom stereocenters. The highest BCUT2D eigenvalue weighted by Crippen LogP contribution is 2.37. The molecule has 1 N–H and O–H groups in total. The minimum Gasteiger partial charge on any atom is -0.493 e. The van der Waals surface area contributed by atoms with Gasteiger partial charge < -0.3 is 19.5 Å². The summed E-state index contributed by atoms with van der Waals surface area (Å²) in [5, 5.41) is 3.69. The van der Waals surface area contributed by atoms with Crippen LogP contribution in [0.25, 0.3) is 10.9 Å². The number of hydrogen-bond donors (Lipinski definition) is 1. The molecule has 0 saturated heterocycles. The van der Waals surface area contributed by atoms with Gasteiger partial charge >= 0.3 is 0 Å². The van der Waals surface area contributed by atoms with Crippen LogP contribution in [-0.4, -0.2) is 24.6 Å². The Morgan fingerprint density at radius 3 is 2.42 bits per heavy atom. The van der Waals surface area contributed by atoms with Crippen LogP contribution >= 0.6 is 0 Å². The van der Waals surface area contributed by atoms with Gasteiger partial charge in [-0.15, -0.1) is 0 Å². The average molecular weight is 414 g/mol.